The molecule has 3 aliphatic rings. The third kappa shape index (κ3) is 3.20. The van der Waals surface area contributed by atoms with Crippen molar-refractivity contribution in [3.63, 3.8) is 0 Å². The zero-order valence-electron chi connectivity index (χ0n) is 15.5. The van der Waals surface area contributed by atoms with E-state index in [2.05, 4.69) is 10.3 Å². The molecule has 1 N–H and O–H groups in total. The molecule has 0 aliphatic carbocycles. The lowest BCUT2D eigenvalue weighted by Crippen LogP contribution is -2.45. The standard InChI is InChI=1S/C19H26N4O3/c1-19(2)14(8-16(24)26-19)18(25)23-7-5-15-13(11-23)10-21-17(22-15)12-4-3-6-20-9-12/h10,12,14,20H,3-9,11H2,1-2H3/t12-,14-/m1/s1. The molecule has 4 heterocycles. The average Bonchev–Trinajstić information content (AvgIpc) is 2.93. The summed E-state index contributed by atoms with van der Waals surface area (Å²) in [6, 6.07) is 0. The lowest BCUT2D eigenvalue weighted by molar-refractivity contribution is -0.149. The fourth-order valence-corrected chi connectivity index (χ4v) is 4.21. The second kappa shape index (κ2) is 6.61. The number of aromatic nitrogens is 2. The van der Waals surface area contributed by atoms with Crippen LogP contribution in [0.3, 0.4) is 0 Å². The molecule has 0 bridgehead atoms. The molecule has 0 aromatic carbocycles. The zero-order valence-corrected chi connectivity index (χ0v) is 15.5. The number of hydrogen-bond donors (Lipinski definition) is 1. The van der Waals surface area contributed by atoms with Crippen LogP contribution in [0, 0.1) is 5.92 Å². The lowest BCUT2D eigenvalue weighted by atomic mass is 9.88. The molecule has 1 aromatic heterocycles. The minimum Gasteiger partial charge on any atom is -0.459 e. The Morgan fingerprint density at radius 2 is 2.27 bits per heavy atom. The molecule has 0 spiro atoms. The van der Waals surface area contributed by atoms with E-state index >= 15 is 0 Å². The number of rotatable bonds is 2. The summed E-state index contributed by atoms with van der Waals surface area (Å²) in [6.45, 7) is 6.78. The van der Waals surface area contributed by atoms with Crippen molar-refractivity contribution in [2.24, 2.45) is 5.92 Å². The molecule has 7 nitrogen and oxygen atoms in total. The molecule has 26 heavy (non-hydrogen) atoms. The van der Waals surface area contributed by atoms with E-state index in [4.69, 9.17) is 9.72 Å². The van der Waals surface area contributed by atoms with Gasteiger partial charge in [0.15, 0.2) is 0 Å². The maximum absolute atomic E-state index is 12.9. The second-order valence-corrected chi connectivity index (χ2v) is 8.09. The molecule has 2 saturated heterocycles. The van der Waals surface area contributed by atoms with Crippen LogP contribution in [0.1, 0.15) is 56.1 Å². The quantitative estimate of drug-likeness (QED) is 0.799. The number of fused-ring (bicyclic) bond motifs is 1. The van der Waals surface area contributed by atoms with E-state index in [1.54, 1.807) is 0 Å². The summed E-state index contributed by atoms with van der Waals surface area (Å²) in [7, 11) is 0. The lowest BCUT2D eigenvalue weighted by Gasteiger charge is -2.33. The first-order valence-electron chi connectivity index (χ1n) is 9.50. The number of hydrogen-bond acceptors (Lipinski definition) is 6. The number of amides is 1. The summed E-state index contributed by atoms with van der Waals surface area (Å²) < 4.78 is 5.31. The van der Waals surface area contributed by atoms with E-state index < -0.39 is 11.5 Å². The molecule has 2 fully saturated rings. The van der Waals surface area contributed by atoms with Gasteiger partial charge in [0.05, 0.1) is 18.0 Å². The first kappa shape index (κ1) is 17.4. The zero-order chi connectivity index (χ0) is 18.3. The summed E-state index contributed by atoms with van der Waals surface area (Å²) in [6.07, 6.45) is 5.07. The number of nitrogens with one attached hydrogen (secondary N) is 1. The van der Waals surface area contributed by atoms with Gasteiger partial charge in [-0.1, -0.05) is 0 Å². The summed E-state index contributed by atoms with van der Waals surface area (Å²) in [5, 5.41) is 3.41. The van der Waals surface area contributed by atoms with Gasteiger partial charge in [-0.3, -0.25) is 9.59 Å². The molecule has 4 rings (SSSR count). The Morgan fingerprint density at radius 3 is 2.96 bits per heavy atom. The number of carbonyl (C=O) groups is 2. The van der Waals surface area contributed by atoms with Crippen molar-refractivity contribution >= 4 is 11.9 Å². The molecule has 2 atom stereocenters. The highest BCUT2D eigenvalue weighted by atomic mass is 16.6. The Balaban J connectivity index is 1.48. The van der Waals surface area contributed by atoms with Gasteiger partial charge in [-0.25, -0.2) is 9.97 Å². The Labute approximate surface area is 153 Å². The van der Waals surface area contributed by atoms with Crippen molar-refractivity contribution < 1.29 is 14.3 Å². The molecular weight excluding hydrogens is 332 g/mol. The van der Waals surface area contributed by atoms with Gasteiger partial charge in [-0.2, -0.15) is 0 Å². The topological polar surface area (TPSA) is 84.4 Å². The Hall–Kier alpha value is -2.02. The largest absolute Gasteiger partial charge is 0.459 e. The van der Waals surface area contributed by atoms with Crippen LogP contribution in [-0.2, 0) is 27.3 Å². The van der Waals surface area contributed by atoms with Crippen molar-refractivity contribution in [3.8, 4) is 0 Å². The Kier molecular flexibility index (Phi) is 4.42. The van der Waals surface area contributed by atoms with Gasteiger partial charge >= 0.3 is 5.97 Å². The van der Waals surface area contributed by atoms with Crippen molar-refractivity contribution in [2.45, 2.75) is 57.6 Å². The highest BCUT2D eigenvalue weighted by molar-refractivity contribution is 5.87. The molecular formula is C19H26N4O3. The summed E-state index contributed by atoms with van der Waals surface area (Å²) in [5.74, 6) is 0.597. The van der Waals surface area contributed by atoms with Gasteiger partial charge in [-0.05, 0) is 33.2 Å². The van der Waals surface area contributed by atoms with E-state index in [1.807, 2.05) is 24.9 Å². The van der Waals surface area contributed by atoms with Gasteiger partial charge in [0.25, 0.3) is 0 Å². The molecule has 1 amide bonds. The molecule has 7 heteroatoms. The third-order valence-electron chi connectivity index (χ3n) is 5.81. The van der Waals surface area contributed by atoms with Crippen LogP contribution >= 0.6 is 0 Å². The van der Waals surface area contributed by atoms with Gasteiger partial charge < -0.3 is 15.0 Å². The highest BCUT2D eigenvalue weighted by Gasteiger charge is 2.47. The highest BCUT2D eigenvalue weighted by Crippen LogP contribution is 2.35. The van der Waals surface area contributed by atoms with Gasteiger partial charge in [-0.15, -0.1) is 0 Å². The maximum Gasteiger partial charge on any atom is 0.307 e. The van der Waals surface area contributed by atoms with Crippen LogP contribution in [0.25, 0.3) is 0 Å². The van der Waals surface area contributed by atoms with Crippen molar-refractivity contribution in [1.29, 1.82) is 0 Å². The predicted molar refractivity (Wildman–Crippen MR) is 94.3 cm³/mol. The van der Waals surface area contributed by atoms with Crippen molar-refractivity contribution in [1.82, 2.24) is 20.2 Å². The average molecular weight is 358 g/mol. The van der Waals surface area contributed by atoms with Gasteiger partial charge in [0.2, 0.25) is 5.91 Å². The van der Waals surface area contributed by atoms with Crippen molar-refractivity contribution in [3.05, 3.63) is 23.3 Å². The minimum atomic E-state index is -0.733. The van der Waals surface area contributed by atoms with E-state index in [0.29, 0.717) is 19.0 Å². The number of esters is 1. The molecule has 0 radical (unpaired) electrons. The SMILES string of the molecule is CC1(C)OC(=O)C[C@@H]1C(=O)N1CCc2nc([C@@H]3CCCNC3)ncc2C1. The summed E-state index contributed by atoms with van der Waals surface area (Å²) in [5.41, 5.74) is 1.34. The molecule has 140 valence electrons. The number of piperidine rings is 1. The molecule has 0 saturated carbocycles. The number of cyclic esters (lactones) is 1. The normalized spacial score (nSPS) is 27.8. The van der Waals surface area contributed by atoms with E-state index in [1.165, 1.54) is 0 Å². The van der Waals surface area contributed by atoms with Crippen LogP contribution in [-0.4, -0.2) is 52.0 Å². The van der Waals surface area contributed by atoms with E-state index in [0.717, 1.165) is 49.4 Å². The third-order valence-corrected chi connectivity index (χ3v) is 5.81. The first-order valence-corrected chi connectivity index (χ1v) is 9.50. The fourth-order valence-electron chi connectivity index (χ4n) is 4.21. The summed E-state index contributed by atoms with van der Waals surface area (Å²) >= 11 is 0. The molecule has 3 aliphatic heterocycles. The molecule has 1 aromatic rings. The van der Waals surface area contributed by atoms with Gasteiger partial charge in [0, 0.05) is 43.7 Å². The first-order chi connectivity index (χ1) is 12.4. The smallest absolute Gasteiger partial charge is 0.307 e. The number of ether oxygens (including phenoxy) is 1. The van der Waals surface area contributed by atoms with Crippen molar-refractivity contribution in [2.75, 3.05) is 19.6 Å². The summed E-state index contributed by atoms with van der Waals surface area (Å²) in [4.78, 5) is 35.8. The fraction of sp³-hybridized carbons (Fsp3) is 0.684. The van der Waals surface area contributed by atoms with Crippen LogP contribution in [0.2, 0.25) is 0 Å². The van der Waals surface area contributed by atoms with E-state index in [-0.39, 0.29) is 18.3 Å². The number of nitrogens with zero attached hydrogens (tertiary/aromatic N) is 3. The van der Waals surface area contributed by atoms with E-state index in [9.17, 15) is 9.59 Å². The Morgan fingerprint density at radius 1 is 1.42 bits per heavy atom. The van der Waals surface area contributed by atoms with Crippen LogP contribution < -0.4 is 5.32 Å². The van der Waals surface area contributed by atoms with Crippen LogP contribution in [0.5, 0.6) is 0 Å². The Bertz CT molecular complexity index is 727. The molecule has 0 unspecified atom stereocenters. The van der Waals surface area contributed by atoms with Crippen LogP contribution in [0.15, 0.2) is 6.20 Å². The minimum absolute atomic E-state index is 0.00735. The maximum atomic E-state index is 12.9. The number of carbonyl (C=O) groups excluding carboxylic acids is 2. The second-order valence-electron chi connectivity index (χ2n) is 8.09. The van der Waals surface area contributed by atoms with Gasteiger partial charge in [0.1, 0.15) is 11.4 Å². The monoisotopic (exact) mass is 358 g/mol. The predicted octanol–water partition coefficient (Wildman–Crippen LogP) is 1.17. The van der Waals surface area contributed by atoms with Crippen LogP contribution in [0.4, 0.5) is 0 Å².